The number of anilines is 1. The van der Waals surface area contributed by atoms with E-state index in [1.807, 2.05) is 91.0 Å². The van der Waals surface area contributed by atoms with Gasteiger partial charge in [-0.05, 0) is 46.2 Å². The summed E-state index contributed by atoms with van der Waals surface area (Å²) in [5.74, 6) is 0.425. The summed E-state index contributed by atoms with van der Waals surface area (Å²) < 4.78 is 5.22. The van der Waals surface area contributed by atoms with E-state index >= 15 is 0 Å². The lowest BCUT2D eigenvalue weighted by Crippen LogP contribution is -2.40. The highest BCUT2D eigenvalue weighted by Crippen LogP contribution is 2.45. The van der Waals surface area contributed by atoms with Gasteiger partial charge >= 0.3 is 0 Å². The largest absolute Gasteiger partial charge is 0.497 e. The molecule has 1 heterocycles. The number of ether oxygens (including phenoxy) is 1. The van der Waals surface area contributed by atoms with Crippen LogP contribution in [-0.4, -0.2) is 18.1 Å². The number of aliphatic hydroxyl groups is 1. The topological polar surface area (TPSA) is 49.8 Å². The van der Waals surface area contributed by atoms with Crippen molar-refractivity contribution >= 4 is 22.4 Å². The van der Waals surface area contributed by atoms with E-state index in [1.54, 1.807) is 12.0 Å². The third-order valence-electron chi connectivity index (χ3n) is 5.81. The number of nitrogens with zero attached hydrogens (tertiary/aromatic N) is 1. The maximum absolute atomic E-state index is 13.6. The van der Waals surface area contributed by atoms with Gasteiger partial charge in [0.15, 0.2) is 5.60 Å². The Bertz CT molecular complexity index is 1250. The minimum Gasteiger partial charge on any atom is -0.497 e. The molecule has 0 saturated heterocycles. The highest BCUT2D eigenvalue weighted by atomic mass is 16.5. The molecule has 4 aromatic rings. The van der Waals surface area contributed by atoms with Gasteiger partial charge in [0.2, 0.25) is 0 Å². The van der Waals surface area contributed by atoms with Gasteiger partial charge in [0, 0.05) is 5.56 Å². The molecule has 1 amide bonds. The van der Waals surface area contributed by atoms with Gasteiger partial charge in [0.05, 0.1) is 19.3 Å². The zero-order valence-corrected chi connectivity index (χ0v) is 16.6. The maximum Gasteiger partial charge on any atom is 0.268 e. The molecule has 0 fully saturated rings. The average molecular weight is 395 g/mol. The Morgan fingerprint density at radius 3 is 2.33 bits per heavy atom. The van der Waals surface area contributed by atoms with E-state index < -0.39 is 5.60 Å². The van der Waals surface area contributed by atoms with Crippen molar-refractivity contribution in [2.24, 2.45) is 0 Å². The van der Waals surface area contributed by atoms with Crippen LogP contribution in [0, 0.1) is 0 Å². The van der Waals surface area contributed by atoms with Crippen LogP contribution in [0.15, 0.2) is 91.0 Å². The number of carbonyl (C=O) groups excluding carboxylic acids is 1. The van der Waals surface area contributed by atoms with Crippen LogP contribution in [0.4, 0.5) is 5.69 Å². The summed E-state index contributed by atoms with van der Waals surface area (Å²) in [7, 11) is 1.62. The van der Waals surface area contributed by atoms with E-state index in [4.69, 9.17) is 4.74 Å². The van der Waals surface area contributed by atoms with E-state index in [0.717, 1.165) is 27.8 Å². The van der Waals surface area contributed by atoms with E-state index in [9.17, 15) is 9.90 Å². The average Bonchev–Trinajstić information content (AvgIpc) is 3.02. The Balaban J connectivity index is 1.59. The summed E-state index contributed by atoms with van der Waals surface area (Å²) in [4.78, 5) is 15.3. The minimum absolute atomic E-state index is 0.338. The molecule has 1 unspecified atom stereocenters. The van der Waals surface area contributed by atoms with Crippen molar-refractivity contribution in [2.45, 2.75) is 12.1 Å². The first-order chi connectivity index (χ1) is 14.6. The van der Waals surface area contributed by atoms with Crippen molar-refractivity contribution in [3.05, 3.63) is 108 Å². The van der Waals surface area contributed by atoms with Crippen molar-refractivity contribution in [3.63, 3.8) is 0 Å². The molecule has 1 aliphatic heterocycles. The fourth-order valence-corrected chi connectivity index (χ4v) is 4.20. The smallest absolute Gasteiger partial charge is 0.268 e. The molecule has 1 N–H and O–H groups in total. The van der Waals surface area contributed by atoms with Crippen LogP contribution in [0.2, 0.25) is 0 Å². The highest BCUT2D eigenvalue weighted by molar-refractivity contribution is 6.09. The first-order valence-corrected chi connectivity index (χ1v) is 9.87. The molecule has 1 aliphatic rings. The number of para-hydroxylation sites is 1. The monoisotopic (exact) mass is 395 g/mol. The van der Waals surface area contributed by atoms with Crippen LogP contribution >= 0.6 is 0 Å². The molecule has 4 aromatic carbocycles. The van der Waals surface area contributed by atoms with Crippen LogP contribution in [0.3, 0.4) is 0 Å². The summed E-state index contributed by atoms with van der Waals surface area (Å²) >= 11 is 0. The normalized spacial score (nSPS) is 17.9. The number of carbonyl (C=O) groups is 1. The maximum atomic E-state index is 13.6. The lowest BCUT2D eigenvalue weighted by Gasteiger charge is -2.24. The van der Waals surface area contributed by atoms with Crippen molar-refractivity contribution in [2.75, 3.05) is 12.0 Å². The summed E-state index contributed by atoms with van der Waals surface area (Å²) in [6.07, 6.45) is 0. The molecule has 5 rings (SSSR count). The van der Waals surface area contributed by atoms with Crippen LogP contribution in [0.5, 0.6) is 5.75 Å². The fraction of sp³-hybridized carbons (Fsp3) is 0.115. The first kappa shape index (κ1) is 18.4. The molecule has 30 heavy (non-hydrogen) atoms. The number of amides is 1. The number of hydrogen-bond donors (Lipinski definition) is 1. The lowest BCUT2D eigenvalue weighted by molar-refractivity contribution is -0.132. The number of methoxy groups -OCH3 is 1. The number of rotatable bonds is 4. The third-order valence-corrected chi connectivity index (χ3v) is 5.81. The van der Waals surface area contributed by atoms with Gasteiger partial charge in [-0.1, -0.05) is 66.7 Å². The highest BCUT2D eigenvalue weighted by Gasteiger charge is 2.50. The molecule has 0 saturated carbocycles. The van der Waals surface area contributed by atoms with E-state index in [-0.39, 0.29) is 5.91 Å². The quantitative estimate of drug-likeness (QED) is 0.548. The Morgan fingerprint density at radius 2 is 1.57 bits per heavy atom. The zero-order valence-electron chi connectivity index (χ0n) is 16.6. The van der Waals surface area contributed by atoms with E-state index in [2.05, 4.69) is 0 Å². The summed E-state index contributed by atoms with van der Waals surface area (Å²) in [5, 5.41) is 13.8. The van der Waals surface area contributed by atoms with Gasteiger partial charge in [-0.2, -0.15) is 0 Å². The number of benzene rings is 4. The molecule has 4 heteroatoms. The molecule has 0 bridgehead atoms. The second kappa shape index (κ2) is 7.01. The Kier molecular flexibility index (Phi) is 4.30. The van der Waals surface area contributed by atoms with Gasteiger partial charge in [0.25, 0.3) is 5.91 Å². The fourth-order valence-electron chi connectivity index (χ4n) is 4.20. The van der Waals surface area contributed by atoms with Crippen LogP contribution in [-0.2, 0) is 16.9 Å². The predicted molar refractivity (Wildman–Crippen MR) is 118 cm³/mol. The SMILES string of the molecule is COc1ccc(CN2C(=O)C(O)(c3ccc4ccccc4c3)c3ccccc32)cc1. The minimum atomic E-state index is -1.72. The van der Waals surface area contributed by atoms with Crippen molar-refractivity contribution in [1.29, 1.82) is 0 Å². The lowest BCUT2D eigenvalue weighted by atomic mass is 9.86. The molecule has 0 spiro atoms. The summed E-state index contributed by atoms with van der Waals surface area (Å²) in [5.41, 5.74) is 1.16. The molecular formula is C26H21NO3. The van der Waals surface area contributed by atoms with Crippen molar-refractivity contribution in [1.82, 2.24) is 0 Å². The molecule has 1 atom stereocenters. The van der Waals surface area contributed by atoms with Crippen molar-refractivity contribution in [3.8, 4) is 5.75 Å². The summed E-state index contributed by atoms with van der Waals surface area (Å²) in [6.45, 7) is 0.371. The third kappa shape index (κ3) is 2.77. The standard InChI is InChI=1S/C26H21NO3/c1-30-22-14-10-18(11-15-22)17-27-24-9-5-4-8-23(24)26(29,25(27)28)21-13-12-19-6-2-3-7-20(19)16-21/h2-16,29H,17H2,1H3. The van der Waals surface area contributed by atoms with Crippen LogP contribution in [0.1, 0.15) is 16.7 Å². The molecule has 0 aromatic heterocycles. The number of fused-ring (bicyclic) bond motifs is 2. The van der Waals surface area contributed by atoms with Gasteiger partial charge in [0.1, 0.15) is 5.75 Å². The molecule has 0 aliphatic carbocycles. The number of hydrogen-bond acceptors (Lipinski definition) is 3. The summed E-state index contributed by atoms with van der Waals surface area (Å²) in [6, 6.07) is 28.7. The van der Waals surface area contributed by atoms with Gasteiger partial charge in [-0.3, -0.25) is 4.79 Å². The first-order valence-electron chi connectivity index (χ1n) is 9.87. The Labute approximate surface area is 175 Å². The van der Waals surface area contributed by atoms with Gasteiger partial charge in [-0.15, -0.1) is 0 Å². The van der Waals surface area contributed by atoms with Crippen LogP contribution in [0.25, 0.3) is 10.8 Å². The molecule has 0 radical (unpaired) electrons. The molecular weight excluding hydrogens is 374 g/mol. The molecule has 148 valence electrons. The van der Waals surface area contributed by atoms with Crippen LogP contribution < -0.4 is 9.64 Å². The van der Waals surface area contributed by atoms with E-state index in [0.29, 0.717) is 17.7 Å². The second-order valence-corrected chi connectivity index (χ2v) is 7.53. The van der Waals surface area contributed by atoms with Crippen molar-refractivity contribution < 1.29 is 14.6 Å². The second-order valence-electron chi connectivity index (χ2n) is 7.53. The Morgan fingerprint density at radius 1 is 0.867 bits per heavy atom. The zero-order chi connectivity index (χ0) is 20.7. The van der Waals surface area contributed by atoms with Gasteiger partial charge in [-0.25, -0.2) is 0 Å². The molecule has 4 nitrogen and oxygen atoms in total. The Hall–Kier alpha value is -3.63. The van der Waals surface area contributed by atoms with Gasteiger partial charge < -0.3 is 14.7 Å². The van der Waals surface area contributed by atoms with E-state index in [1.165, 1.54) is 0 Å². The predicted octanol–water partition coefficient (Wildman–Crippen LogP) is 4.63.